The van der Waals surface area contributed by atoms with Crippen molar-refractivity contribution in [2.45, 2.75) is 26.2 Å². The number of halogens is 1. The van der Waals surface area contributed by atoms with Crippen LogP contribution >= 0.6 is 0 Å². The van der Waals surface area contributed by atoms with Gasteiger partial charge in [-0.1, -0.05) is 18.2 Å². The van der Waals surface area contributed by atoms with E-state index in [0.717, 1.165) is 18.4 Å². The Labute approximate surface area is 139 Å². The van der Waals surface area contributed by atoms with Crippen molar-refractivity contribution in [3.8, 4) is 0 Å². The van der Waals surface area contributed by atoms with Gasteiger partial charge >= 0.3 is 0 Å². The number of amides is 1. The highest BCUT2D eigenvalue weighted by atomic mass is 19.1. The van der Waals surface area contributed by atoms with Crippen molar-refractivity contribution in [2.75, 3.05) is 11.1 Å². The number of hydrogen-bond acceptors (Lipinski definition) is 2. The fraction of sp³-hybridized carbons (Fsp3) is 0.211. The largest absolute Gasteiger partial charge is 0.397 e. The molecular weight excluding hydrogens is 305 g/mol. The predicted octanol–water partition coefficient (Wildman–Crippen LogP) is 4.02. The lowest BCUT2D eigenvalue weighted by Crippen LogP contribution is -2.09. The van der Waals surface area contributed by atoms with Crippen molar-refractivity contribution >= 4 is 28.2 Å². The third kappa shape index (κ3) is 3.40. The number of aromatic nitrogens is 1. The minimum atomic E-state index is -0.333. The highest BCUT2D eigenvalue weighted by Gasteiger charge is 2.10. The highest BCUT2D eigenvalue weighted by molar-refractivity contribution is 5.92. The molecule has 0 unspecified atom stereocenters. The van der Waals surface area contributed by atoms with E-state index in [1.54, 1.807) is 6.07 Å². The number of nitrogens with two attached hydrogens (primary N) is 1. The summed E-state index contributed by atoms with van der Waals surface area (Å²) in [4.78, 5) is 14.4. The molecular formula is C19H20FN3O. The number of nitrogen functional groups attached to an aromatic ring is 1. The monoisotopic (exact) mass is 325 g/mol. The van der Waals surface area contributed by atoms with E-state index in [1.807, 2.05) is 24.4 Å². The van der Waals surface area contributed by atoms with Gasteiger partial charge in [-0.05, 0) is 48.6 Å². The molecule has 3 rings (SSSR count). The van der Waals surface area contributed by atoms with E-state index >= 15 is 0 Å². The van der Waals surface area contributed by atoms with Gasteiger partial charge in [0.25, 0.3) is 0 Å². The van der Waals surface area contributed by atoms with Crippen LogP contribution in [0.1, 0.15) is 24.5 Å². The summed E-state index contributed by atoms with van der Waals surface area (Å²) in [5, 5.41) is 3.84. The van der Waals surface area contributed by atoms with Crippen molar-refractivity contribution in [3.05, 3.63) is 59.5 Å². The van der Waals surface area contributed by atoms with E-state index in [1.165, 1.54) is 23.9 Å². The van der Waals surface area contributed by atoms with Crippen molar-refractivity contribution in [1.82, 2.24) is 4.98 Å². The van der Waals surface area contributed by atoms with Gasteiger partial charge < -0.3 is 16.0 Å². The van der Waals surface area contributed by atoms with Crippen LogP contribution in [0.4, 0.5) is 15.8 Å². The molecule has 0 aliphatic rings. The minimum Gasteiger partial charge on any atom is -0.397 e. The lowest BCUT2D eigenvalue weighted by Gasteiger charge is -2.10. The van der Waals surface area contributed by atoms with E-state index < -0.39 is 0 Å². The number of H-pyrrole nitrogens is 1. The van der Waals surface area contributed by atoms with Gasteiger partial charge in [0.2, 0.25) is 5.91 Å². The fourth-order valence-electron chi connectivity index (χ4n) is 2.93. The number of nitrogens with one attached hydrogen (secondary N) is 2. The zero-order valence-corrected chi connectivity index (χ0v) is 13.5. The molecule has 0 aliphatic heterocycles. The summed E-state index contributed by atoms with van der Waals surface area (Å²) in [6.07, 6.45) is 4.25. The van der Waals surface area contributed by atoms with Crippen LogP contribution in [0.2, 0.25) is 0 Å². The van der Waals surface area contributed by atoms with E-state index in [4.69, 9.17) is 5.73 Å². The molecule has 1 amide bonds. The molecule has 0 aliphatic carbocycles. The van der Waals surface area contributed by atoms with Crippen molar-refractivity contribution in [2.24, 2.45) is 0 Å². The summed E-state index contributed by atoms with van der Waals surface area (Å²) < 4.78 is 14.1. The van der Waals surface area contributed by atoms with Crippen LogP contribution in [0.5, 0.6) is 0 Å². The summed E-state index contributed by atoms with van der Waals surface area (Å²) in [7, 11) is 0. The number of aromatic amines is 1. The first-order valence-corrected chi connectivity index (χ1v) is 7.95. The number of hydrogen-bond donors (Lipinski definition) is 3. The molecule has 0 atom stereocenters. The molecule has 0 bridgehead atoms. The van der Waals surface area contributed by atoms with Crippen molar-refractivity contribution < 1.29 is 9.18 Å². The zero-order chi connectivity index (χ0) is 17.1. The molecule has 0 spiro atoms. The number of carbonyl (C=O) groups is 1. The van der Waals surface area contributed by atoms with E-state index in [9.17, 15) is 9.18 Å². The van der Waals surface area contributed by atoms with Gasteiger partial charge in [-0.15, -0.1) is 0 Å². The highest BCUT2D eigenvalue weighted by Crippen LogP contribution is 2.25. The Morgan fingerprint density at radius 1 is 1.21 bits per heavy atom. The van der Waals surface area contributed by atoms with Crippen LogP contribution in [0, 0.1) is 5.82 Å². The second-order valence-electron chi connectivity index (χ2n) is 5.93. The Kier molecular flexibility index (Phi) is 4.51. The Morgan fingerprint density at radius 3 is 2.75 bits per heavy atom. The van der Waals surface area contributed by atoms with Crippen LogP contribution in [-0.4, -0.2) is 10.9 Å². The van der Waals surface area contributed by atoms with Crippen LogP contribution in [-0.2, 0) is 17.6 Å². The van der Waals surface area contributed by atoms with Gasteiger partial charge in [-0.2, -0.15) is 0 Å². The molecule has 2 aromatic carbocycles. The molecule has 5 heteroatoms. The molecule has 0 fully saturated rings. The lowest BCUT2D eigenvalue weighted by atomic mass is 10.0. The lowest BCUT2D eigenvalue weighted by molar-refractivity contribution is -0.114. The number of carbonyl (C=O) groups excluding carboxylic acids is 1. The molecule has 4 nitrogen and oxygen atoms in total. The average Bonchev–Trinajstić information content (AvgIpc) is 2.94. The molecule has 24 heavy (non-hydrogen) atoms. The summed E-state index contributed by atoms with van der Waals surface area (Å²) in [5.74, 6) is -0.557. The first-order chi connectivity index (χ1) is 11.5. The molecule has 3 aromatic rings. The van der Waals surface area contributed by atoms with Gasteiger partial charge in [0, 0.05) is 24.0 Å². The normalized spacial score (nSPS) is 10.9. The number of para-hydroxylation sites is 1. The zero-order valence-electron chi connectivity index (χ0n) is 13.5. The van der Waals surface area contributed by atoms with Gasteiger partial charge in [-0.25, -0.2) is 4.39 Å². The fourth-order valence-corrected chi connectivity index (χ4v) is 2.93. The average molecular weight is 325 g/mol. The summed E-state index contributed by atoms with van der Waals surface area (Å²) in [6, 6.07) is 11.0. The molecule has 0 radical (unpaired) electrons. The van der Waals surface area contributed by atoms with E-state index in [0.29, 0.717) is 17.7 Å². The Bertz CT molecular complexity index is 885. The third-order valence-electron chi connectivity index (χ3n) is 4.10. The topological polar surface area (TPSA) is 70.9 Å². The number of fused-ring (bicyclic) bond motifs is 1. The summed E-state index contributed by atoms with van der Waals surface area (Å²) >= 11 is 0. The number of rotatable bonds is 5. The van der Waals surface area contributed by atoms with Gasteiger partial charge in [0.05, 0.1) is 11.4 Å². The summed E-state index contributed by atoms with van der Waals surface area (Å²) in [6.45, 7) is 1.40. The number of anilines is 2. The Balaban J connectivity index is 1.71. The Morgan fingerprint density at radius 2 is 1.96 bits per heavy atom. The SMILES string of the molecule is CC(=O)Nc1cc(CCCc2c[nH]c3ccccc23)c(F)cc1N. The van der Waals surface area contributed by atoms with Crippen molar-refractivity contribution in [1.29, 1.82) is 0 Å². The third-order valence-corrected chi connectivity index (χ3v) is 4.10. The molecule has 1 heterocycles. The maximum absolute atomic E-state index is 14.1. The molecule has 124 valence electrons. The quantitative estimate of drug-likeness (QED) is 0.620. The van der Waals surface area contributed by atoms with E-state index in [2.05, 4.69) is 16.4 Å². The van der Waals surface area contributed by atoms with Gasteiger partial charge in [-0.3, -0.25) is 4.79 Å². The maximum atomic E-state index is 14.1. The Hall–Kier alpha value is -2.82. The first-order valence-electron chi connectivity index (χ1n) is 7.95. The second kappa shape index (κ2) is 6.74. The number of benzene rings is 2. The smallest absolute Gasteiger partial charge is 0.221 e. The summed E-state index contributed by atoms with van der Waals surface area (Å²) in [5.41, 5.74) is 9.35. The van der Waals surface area contributed by atoms with Crippen LogP contribution in [0.25, 0.3) is 10.9 Å². The molecule has 4 N–H and O–H groups in total. The molecule has 1 aromatic heterocycles. The van der Waals surface area contributed by atoms with Gasteiger partial charge in [0.1, 0.15) is 5.82 Å². The maximum Gasteiger partial charge on any atom is 0.221 e. The van der Waals surface area contributed by atoms with Crippen LogP contribution in [0.3, 0.4) is 0 Å². The van der Waals surface area contributed by atoms with Gasteiger partial charge in [0.15, 0.2) is 0 Å². The first kappa shape index (κ1) is 16.1. The second-order valence-corrected chi connectivity index (χ2v) is 5.93. The molecule has 0 saturated heterocycles. The predicted molar refractivity (Wildman–Crippen MR) is 95.4 cm³/mol. The van der Waals surface area contributed by atoms with E-state index in [-0.39, 0.29) is 17.4 Å². The minimum absolute atomic E-state index is 0.224. The number of aryl methyl sites for hydroxylation is 2. The standard InChI is InChI=1S/C19H20FN3O/c1-12(24)23-19-9-13(16(20)10-17(19)21)5-4-6-14-11-22-18-8-3-2-7-15(14)18/h2-3,7-11,22H,4-6,21H2,1H3,(H,23,24). The van der Waals surface area contributed by atoms with Crippen molar-refractivity contribution in [3.63, 3.8) is 0 Å². The molecule has 0 saturated carbocycles. The van der Waals surface area contributed by atoms with Crippen LogP contribution in [0.15, 0.2) is 42.6 Å². The van der Waals surface area contributed by atoms with Crippen LogP contribution < -0.4 is 11.1 Å².